The van der Waals surface area contributed by atoms with Crippen LogP contribution in [0.25, 0.3) is 0 Å². The Balaban J connectivity index is 1.86. The summed E-state index contributed by atoms with van der Waals surface area (Å²) in [7, 11) is 0. The van der Waals surface area contributed by atoms with Crippen LogP contribution >= 0.6 is 12.2 Å². The van der Waals surface area contributed by atoms with Crippen molar-refractivity contribution in [2.75, 3.05) is 13.2 Å². The van der Waals surface area contributed by atoms with E-state index < -0.39 is 0 Å². The highest BCUT2D eigenvalue weighted by Crippen LogP contribution is 2.27. The number of hydrogen-bond acceptors (Lipinski definition) is 3. The average Bonchev–Trinajstić information content (AvgIpc) is 2.75. The van der Waals surface area contributed by atoms with Crippen molar-refractivity contribution in [3.8, 4) is 0 Å². The normalized spacial score (nSPS) is 33.2. The van der Waals surface area contributed by atoms with E-state index in [0.717, 1.165) is 18.2 Å². The molecule has 3 unspecified atom stereocenters. The Labute approximate surface area is 101 Å². The largest absolute Gasteiger partial charge is 0.366 e. The van der Waals surface area contributed by atoms with Crippen LogP contribution in [0.15, 0.2) is 30.3 Å². The van der Waals surface area contributed by atoms with Crippen molar-refractivity contribution in [2.45, 2.75) is 18.0 Å². The standard InChI is InChI=1S/C12H15N3S/c16-12-11-10(14-7-15-12)9(6-13-11)8-4-2-1-3-5-8/h1-5,9-11,13-14H,6-7H2,(H,15,16). The molecular weight excluding hydrogens is 218 g/mol. The summed E-state index contributed by atoms with van der Waals surface area (Å²) in [5.41, 5.74) is 1.39. The molecule has 3 nitrogen and oxygen atoms in total. The van der Waals surface area contributed by atoms with Crippen molar-refractivity contribution in [3.05, 3.63) is 35.9 Å². The van der Waals surface area contributed by atoms with Gasteiger partial charge in [0.05, 0.1) is 17.7 Å². The molecule has 16 heavy (non-hydrogen) atoms. The van der Waals surface area contributed by atoms with Gasteiger partial charge in [-0.1, -0.05) is 42.5 Å². The van der Waals surface area contributed by atoms with Gasteiger partial charge in [-0.3, -0.25) is 5.32 Å². The minimum Gasteiger partial charge on any atom is -0.366 e. The van der Waals surface area contributed by atoms with Crippen molar-refractivity contribution < 1.29 is 0 Å². The number of hydrogen-bond donors (Lipinski definition) is 3. The molecule has 3 atom stereocenters. The lowest BCUT2D eigenvalue weighted by Crippen LogP contribution is -2.59. The van der Waals surface area contributed by atoms with E-state index in [1.54, 1.807) is 0 Å². The van der Waals surface area contributed by atoms with Crippen LogP contribution in [0.5, 0.6) is 0 Å². The van der Waals surface area contributed by atoms with Crippen molar-refractivity contribution >= 4 is 17.2 Å². The maximum Gasteiger partial charge on any atom is 0.0952 e. The SMILES string of the molecule is S=C1NCNC2C1NCC2c1ccccc1. The third-order valence-electron chi connectivity index (χ3n) is 3.46. The number of fused-ring (bicyclic) bond motifs is 1. The Hall–Kier alpha value is -0.970. The molecule has 4 heteroatoms. The number of thiocarbonyl (C=S) groups is 1. The summed E-state index contributed by atoms with van der Waals surface area (Å²) in [6.07, 6.45) is 0. The van der Waals surface area contributed by atoms with Crippen LogP contribution in [0.4, 0.5) is 0 Å². The van der Waals surface area contributed by atoms with Gasteiger partial charge in [0.1, 0.15) is 0 Å². The Kier molecular flexibility index (Phi) is 2.63. The van der Waals surface area contributed by atoms with E-state index in [9.17, 15) is 0 Å². The number of benzene rings is 1. The van der Waals surface area contributed by atoms with Crippen LogP contribution in [0.1, 0.15) is 11.5 Å². The quantitative estimate of drug-likeness (QED) is 0.621. The van der Waals surface area contributed by atoms with Gasteiger partial charge in [-0.2, -0.15) is 0 Å². The third-order valence-corrected chi connectivity index (χ3v) is 3.86. The molecule has 84 valence electrons. The molecule has 2 heterocycles. The fourth-order valence-corrected chi connectivity index (χ4v) is 2.95. The summed E-state index contributed by atoms with van der Waals surface area (Å²) < 4.78 is 0. The average molecular weight is 233 g/mol. The fourth-order valence-electron chi connectivity index (χ4n) is 2.65. The third kappa shape index (κ3) is 1.63. The molecule has 0 saturated carbocycles. The predicted octanol–water partition coefficient (Wildman–Crippen LogP) is 0.588. The van der Waals surface area contributed by atoms with E-state index in [4.69, 9.17) is 12.2 Å². The molecule has 1 aromatic carbocycles. The van der Waals surface area contributed by atoms with E-state index >= 15 is 0 Å². The van der Waals surface area contributed by atoms with Crippen LogP contribution in [-0.2, 0) is 0 Å². The van der Waals surface area contributed by atoms with Gasteiger partial charge < -0.3 is 10.6 Å². The molecule has 0 amide bonds. The van der Waals surface area contributed by atoms with Crippen LogP contribution in [-0.4, -0.2) is 30.3 Å². The zero-order valence-corrected chi connectivity index (χ0v) is 9.76. The van der Waals surface area contributed by atoms with Gasteiger partial charge in [-0.05, 0) is 5.56 Å². The first-order valence-corrected chi connectivity index (χ1v) is 6.06. The zero-order valence-electron chi connectivity index (χ0n) is 8.94. The van der Waals surface area contributed by atoms with Crippen molar-refractivity contribution in [1.82, 2.24) is 16.0 Å². The molecule has 2 aliphatic heterocycles. The second-order valence-electron chi connectivity index (χ2n) is 4.35. The molecule has 0 radical (unpaired) electrons. The van der Waals surface area contributed by atoms with Crippen LogP contribution in [0.2, 0.25) is 0 Å². The monoisotopic (exact) mass is 233 g/mol. The second kappa shape index (κ2) is 4.13. The summed E-state index contributed by atoms with van der Waals surface area (Å²) in [6.45, 7) is 1.78. The first-order chi connectivity index (χ1) is 7.86. The molecule has 0 bridgehead atoms. The lowest BCUT2D eigenvalue weighted by Gasteiger charge is -2.31. The van der Waals surface area contributed by atoms with Crippen LogP contribution < -0.4 is 16.0 Å². The van der Waals surface area contributed by atoms with Crippen LogP contribution in [0, 0.1) is 0 Å². The van der Waals surface area contributed by atoms with E-state index in [-0.39, 0.29) is 6.04 Å². The highest BCUT2D eigenvalue weighted by molar-refractivity contribution is 7.80. The Bertz CT molecular complexity index is 393. The zero-order chi connectivity index (χ0) is 11.0. The first-order valence-electron chi connectivity index (χ1n) is 5.66. The van der Waals surface area contributed by atoms with Crippen molar-refractivity contribution in [3.63, 3.8) is 0 Å². The molecule has 0 spiro atoms. The van der Waals surface area contributed by atoms with Crippen molar-refractivity contribution in [1.29, 1.82) is 0 Å². The Morgan fingerprint density at radius 2 is 1.94 bits per heavy atom. The smallest absolute Gasteiger partial charge is 0.0952 e. The van der Waals surface area contributed by atoms with E-state index in [2.05, 4.69) is 46.3 Å². The van der Waals surface area contributed by atoms with Gasteiger partial charge in [0, 0.05) is 18.5 Å². The van der Waals surface area contributed by atoms with E-state index in [0.29, 0.717) is 12.0 Å². The fraction of sp³-hybridized carbons (Fsp3) is 0.417. The molecule has 2 fully saturated rings. The molecule has 0 aromatic heterocycles. The van der Waals surface area contributed by atoms with Crippen LogP contribution in [0.3, 0.4) is 0 Å². The highest BCUT2D eigenvalue weighted by atomic mass is 32.1. The molecule has 2 saturated heterocycles. The minimum absolute atomic E-state index is 0.286. The topological polar surface area (TPSA) is 36.1 Å². The first kappa shape index (κ1) is 10.2. The van der Waals surface area contributed by atoms with Gasteiger partial charge >= 0.3 is 0 Å². The molecule has 2 aliphatic rings. The summed E-state index contributed by atoms with van der Waals surface area (Å²) in [4.78, 5) is 0.946. The highest BCUT2D eigenvalue weighted by Gasteiger charge is 2.40. The molecule has 0 aliphatic carbocycles. The minimum atomic E-state index is 0.286. The predicted molar refractivity (Wildman–Crippen MR) is 68.5 cm³/mol. The second-order valence-corrected chi connectivity index (χ2v) is 4.79. The summed E-state index contributed by atoms with van der Waals surface area (Å²) >= 11 is 5.33. The van der Waals surface area contributed by atoms with Crippen molar-refractivity contribution in [2.24, 2.45) is 0 Å². The Morgan fingerprint density at radius 3 is 2.75 bits per heavy atom. The van der Waals surface area contributed by atoms with Gasteiger partial charge in [0.25, 0.3) is 0 Å². The molecule has 3 N–H and O–H groups in total. The summed E-state index contributed by atoms with van der Waals surface area (Å²) in [5, 5.41) is 10.2. The van der Waals surface area contributed by atoms with Gasteiger partial charge in [-0.15, -0.1) is 0 Å². The lowest BCUT2D eigenvalue weighted by molar-refractivity contribution is 0.442. The van der Waals surface area contributed by atoms with E-state index in [1.807, 2.05) is 0 Å². The van der Waals surface area contributed by atoms with Gasteiger partial charge in [0.15, 0.2) is 0 Å². The molecule has 3 rings (SSSR count). The number of nitrogens with one attached hydrogen (secondary N) is 3. The lowest BCUT2D eigenvalue weighted by atomic mass is 9.90. The summed E-state index contributed by atoms with van der Waals surface area (Å²) in [5.74, 6) is 0.520. The maximum absolute atomic E-state index is 5.33. The molecule has 1 aromatic rings. The van der Waals surface area contributed by atoms with Gasteiger partial charge in [0.2, 0.25) is 0 Å². The number of rotatable bonds is 1. The molecular formula is C12H15N3S. The van der Waals surface area contributed by atoms with E-state index in [1.165, 1.54) is 5.56 Å². The van der Waals surface area contributed by atoms with Gasteiger partial charge in [-0.25, -0.2) is 0 Å². The Morgan fingerprint density at radius 1 is 1.12 bits per heavy atom. The maximum atomic E-state index is 5.33. The summed E-state index contributed by atoms with van der Waals surface area (Å²) in [6, 6.07) is 11.4.